The highest BCUT2D eigenvalue weighted by Gasteiger charge is 2.29. The first-order chi connectivity index (χ1) is 17.8. The Labute approximate surface area is 226 Å². The van der Waals surface area contributed by atoms with Crippen molar-refractivity contribution >= 4 is 33.7 Å². The van der Waals surface area contributed by atoms with E-state index in [0.717, 1.165) is 21.2 Å². The molecule has 1 heterocycles. The lowest BCUT2D eigenvalue weighted by Gasteiger charge is -2.31. The highest BCUT2D eigenvalue weighted by atomic mass is 79.9. The molecule has 194 valence electrons. The largest absolute Gasteiger partial charge is 0.340 e. The van der Waals surface area contributed by atoms with Gasteiger partial charge in [-0.1, -0.05) is 65.0 Å². The summed E-state index contributed by atoms with van der Waals surface area (Å²) < 4.78 is 0.843. The molecule has 0 spiro atoms. The van der Waals surface area contributed by atoms with Gasteiger partial charge in [-0.25, -0.2) is 0 Å². The Hall–Kier alpha value is -3.49. The van der Waals surface area contributed by atoms with Gasteiger partial charge >= 0.3 is 0 Å². The van der Waals surface area contributed by atoms with E-state index in [4.69, 9.17) is 0 Å². The molecule has 2 aromatic rings. The molecule has 0 bridgehead atoms. The van der Waals surface area contributed by atoms with Crippen LogP contribution in [0.2, 0.25) is 0 Å². The van der Waals surface area contributed by atoms with Gasteiger partial charge in [0, 0.05) is 41.9 Å². The second-order valence-electron chi connectivity index (χ2n) is 8.78. The molecule has 3 rings (SSSR count). The lowest BCUT2D eigenvalue weighted by molar-refractivity contribution is -0.136. The zero-order chi connectivity index (χ0) is 26.8. The van der Waals surface area contributed by atoms with Crippen LogP contribution in [0, 0.1) is 6.92 Å². The number of carbonyl (C=O) groups is 3. The second-order valence-corrected chi connectivity index (χ2v) is 9.69. The van der Waals surface area contributed by atoms with Crippen molar-refractivity contribution in [2.75, 3.05) is 26.2 Å². The van der Waals surface area contributed by atoms with Crippen LogP contribution in [0.15, 0.2) is 83.5 Å². The lowest BCUT2D eigenvalue weighted by Crippen LogP contribution is -2.55. The van der Waals surface area contributed by atoms with Gasteiger partial charge in [-0.05, 0) is 54.8 Å². The third kappa shape index (κ3) is 8.27. The van der Waals surface area contributed by atoms with E-state index in [0.29, 0.717) is 37.4 Å². The van der Waals surface area contributed by atoms with Crippen molar-refractivity contribution in [2.24, 2.45) is 0 Å². The molecule has 1 unspecified atom stereocenters. The number of aryl methyl sites for hydroxylation is 1. The summed E-state index contributed by atoms with van der Waals surface area (Å²) in [6, 6.07) is 14.3. The molecular weight excluding hydrogens is 532 g/mol. The summed E-state index contributed by atoms with van der Waals surface area (Å²) in [6.07, 6.45) is 5.07. The first-order valence-corrected chi connectivity index (χ1v) is 13.0. The molecule has 0 radical (unpaired) electrons. The Morgan fingerprint density at radius 2 is 1.76 bits per heavy atom. The van der Waals surface area contributed by atoms with E-state index in [2.05, 4.69) is 38.5 Å². The van der Waals surface area contributed by atoms with Crippen LogP contribution in [0.3, 0.4) is 0 Å². The number of hydrogen-bond acceptors (Lipinski definition) is 4. The van der Waals surface area contributed by atoms with E-state index in [1.165, 1.54) is 0 Å². The van der Waals surface area contributed by atoms with Crippen molar-refractivity contribution in [1.29, 1.82) is 0 Å². The SMILES string of the molecule is C=C(/C=C\C(Br)=C/C)NC(=O)CC(NC(=O)c1ccc(-c2ccccc2C)cc1)C(=O)N1CCNCC1. The number of piperazine rings is 1. The quantitative estimate of drug-likeness (QED) is 0.400. The van der Waals surface area contributed by atoms with Crippen molar-refractivity contribution in [1.82, 2.24) is 20.9 Å². The summed E-state index contributed by atoms with van der Waals surface area (Å²) in [6.45, 7) is 10.1. The molecule has 8 heteroatoms. The molecule has 1 saturated heterocycles. The van der Waals surface area contributed by atoms with Crippen molar-refractivity contribution in [3.8, 4) is 11.1 Å². The minimum atomic E-state index is -0.999. The third-order valence-electron chi connectivity index (χ3n) is 6.04. The van der Waals surface area contributed by atoms with Crippen LogP contribution in [0.1, 0.15) is 29.3 Å². The van der Waals surface area contributed by atoms with Crippen molar-refractivity contribution in [3.63, 3.8) is 0 Å². The minimum Gasteiger partial charge on any atom is -0.340 e. The smallest absolute Gasteiger partial charge is 0.251 e. The maximum atomic E-state index is 13.3. The summed E-state index contributed by atoms with van der Waals surface area (Å²) in [5, 5.41) is 8.68. The normalized spacial score (nSPS) is 14.8. The summed E-state index contributed by atoms with van der Waals surface area (Å²) in [5.74, 6) is -1.09. The standard InChI is InChI=1S/C29H33BrN4O3/c1-4-24(30)14-9-21(3)32-27(35)19-26(29(37)34-17-15-31-16-18-34)33-28(36)23-12-10-22(11-13-23)25-8-6-5-7-20(25)2/h4-14,26,31H,3,15-19H2,1-2H3,(H,32,35)(H,33,36)/b14-9-,24-4+. The van der Waals surface area contributed by atoms with Gasteiger partial charge in [0.2, 0.25) is 11.8 Å². The highest BCUT2D eigenvalue weighted by Crippen LogP contribution is 2.23. The van der Waals surface area contributed by atoms with Crippen LogP contribution in [-0.2, 0) is 9.59 Å². The topological polar surface area (TPSA) is 90.5 Å². The van der Waals surface area contributed by atoms with Gasteiger partial charge in [0.15, 0.2) is 0 Å². The van der Waals surface area contributed by atoms with Crippen molar-refractivity contribution in [2.45, 2.75) is 26.3 Å². The molecule has 7 nitrogen and oxygen atoms in total. The fourth-order valence-electron chi connectivity index (χ4n) is 3.98. The molecule has 1 aliphatic rings. The van der Waals surface area contributed by atoms with Crippen LogP contribution in [-0.4, -0.2) is 54.8 Å². The zero-order valence-corrected chi connectivity index (χ0v) is 22.8. The van der Waals surface area contributed by atoms with E-state index >= 15 is 0 Å². The molecule has 1 fully saturated rings. The third-order valence-corrected chi connectivity index (χ3v) is 6.77. The average molecular weight is 566 g/mol. The van der Waals surface area contributed by atoms with E-state index < -0.39 is 17.9 Å². The van der Waals surface area contributed by atoms with Crippen LogP contribution in [0.25, 0.3) is 11.1 Å². The number of nitrogens with zero attached hydrogens (tertiary/aromatic N) is 1. The predicted octanol–water partition coefficient (Wildman–Crippen LogP) is 4.07. The first-order valence-electron chi connectivity index (χ1n) is 12.2. The molecule has 3 amide bonds. The number of carbonyl (C=O) groups excluding carboxylic acids is 3. The number of nitrogens with one attached hydrogen (secondary N) is 3. The molecular formula is C29H33BrN4O3. The summed E-state index contributed by atoms with van der Waals surface area (Å²) in [5.41, 5.74) is 4.03. The number of amides is 3. The number of rotatable bonds is 9. The molecule has 37 heavy (non-hydrogen) atoms. The Kier molecular flexibility index (Phi) is 10.4. The minimum absolute atomic E-state index is 0.201. The number of benzene rings is 2. The molecule has 1 atom stereocenters. The van der Waals surface area contributed by atoms with E-state index in [1.807, 2.05) is 56.3 Å². The Bertz CT molecular complexity index is 1200. The van der Waals surface area contributed by atoms with Gasteiger partial charge in [-0.2, -0.15) is 0 Å². The fraction of sp³-hybridized carbons (Fsp3) is 0.276. The maximum Gasteiger partial charge on any atom is 0.251 e. The summed E-state index contributed by atoms with van der Waals surface area (Å²) >= 11 is 3.36. The highest BCUT2D eigenvalue weighted by molar-refractivity contribution is 9.11. The summed E-state index contributed by atoms with van der Waals surface area (Å²) in [7, 11) is 0. The first kappa shape index (κ1) is 28.1. The van der Waals surface area contributed by atoms with Gasteiger partial charge in [0.1, 0.15) is 6.04 Å². The van der Waals surface area contributed by atoms with Gasteiger partial charge in [-0.3, -0.25) is 14.4 Å². The number of allylic oxidation sites excluding steroid dienone is 4. The van der Waals surface area contributed by atoms with Crippen LogP contribution >= 0.6 is 15.9 Å². The van der Waals surface area contributed by atoms with E-state index in [-0.39, 0.29) is 12.3 Å². The molecule has 0 aromatic heterocycles. The Morgan fingerprint density at radius 3 is 2.41 bits per heavy atom. The van der Waals surface area contributed by atoms with Crippen LogP contribution in [0.4, 0.5) is 0 Å². The van der Waals surface area contributed by atoms with Crippen molar-refractivity contribution < 1.29 is 14.4 Å². The van der Waals surface area contributed by atoms with Crippen molar-refractivity contribution in [3.05, 3.63) is 94.6 Å². The fourth-order valence-corrected chi connectivity index (χ4v) is 4.11. The second kappa shape index (κ2) is 13.7. The molecule has 0 aliphatic carbocycles. The van der Waals surface area contributed by atoms with Crippen LogP contribution < -0.4 is 16.0 Å². The van der Waals surface area contributed by atoms with Gasteiger partial charge < -0.3 is 20.9 Å². The van der Waals surface area contributed by atoms with Crippen LogP contribution in [0.5, 0.6) is 0 Å². The molecule has 2 aromatic carbocycles. The molecule has 3 N–H and O–H groups in total. The molecule has 0 saturated carbocycles. The lowest BCUT2D eigenvalue weighted by atomic mass is 9.99. The van der Waals surface area contributed by atoms with E-state index in [1.54, 1.807) is 29.2 Å². The Morgan fingerprint density at radius 1 is 1.08 bits per heavy atom. The van der Waals surface area contributed by atoms with Gasteiger partial charge in [0.05, 0.1) is 6.42 Å². The number of halogens is 1. The predicted molar refractivity (Wildman–Crippen MR) is 151 cm³/mol. The number of hydrogen-bond donors (Lipinski definition) is 3. The maximum absolute atomic E-state index is 13.3. The monoisotopic (exact) mass is 564 g/mol. The van der Waals surface area contributed by atoms with Gasteiger partial charge in [-0.15, -0.1) is 0 Å². The zero-order valence-electron chi connectivity index (χ0n) is 21.2. The molecule has 1 aliphatic heterocycles. The average Bonchev–Trinajstić information content (AvgIpc) is 2.91. The summed E-state index contributed by atoms with van der Waals surface area (Å²) in [4.78, 5) is 40.8. The van der Waals surface area contributed by atoms with E-state index in [9.17, 15) is 14.4 Å². The van der Waals surface area contributed by atoms with Gasteiger partial charge in [0.25, 0.3) is 5.91 Å². The Balaban J connectivity index is 1.72.